The highest BCUT2D eigenvalue weighted by Gasteiger charge is 2.25. The molecule has 0 spiro atoms. The van der Waals surface area contributed by atoms with E-state index in [9.17, 15) is 13.9 Å². The second-order valence-electron chi connectivity index (χ2n) is 8.55. The molecule has 2 saturated carbocycles. The molecule has 32 heavy (non-hydrogen) atoms. The van der Waals surface area contributed by atoms with Gasteiger partial charge in [0.15, 0.2) is 5.65 Å². The van der Waals surface area contributed by atoms with Gasteiger partial charge < -0.3 is 15.7 Å². The quantitative estimate of drug-likeness (QED) is 0.494. The van der Waals surface area contributed by atoms with E-state index < -0.39 is 11.6 Å². The van der Waals surface area contributed by atoms with Gasteiger partial charge in [0.1, 0.15) is 17.2 Å². The van der Waals surface area contributed by atoms with E-state index in [1.165, 1.54) is 12.1 Å². The summed E-state index contributed by atoms with van der Waals surface area (Å²) in [5.74, 6) is -0.269. The van der Waals surface area contributed by atoms with Gasteiger partial charge in [-0.15, -0.1) is 0 Å². The average Bonchev–Trinajstić information content (AvgIpc) is 3.39. The van der Waals surface area contributed by atoms with Crippen LogP contribution in [0.3, 0.4) is 0 Å². The van der Waals surface area contributed by atoms with Crippen molar-refractivity contribution >= 4 is 28.7 Å². The van der Waals surface area contributed by atoms with Crippen LogP contribution >= 0.6 is 0 Å². The molecule has 2 aliphatic rings. The molecule has 0 radical (unpaired) electrons. The average molecular weight is 445 g/mol. The van der Waals surface area contributed by atoms with Crippen molar-refractivity contribution in [3.8, 4) is 0 Å². The fourth-order valence-corrected chi connectivity index (χ4v) is 4.67. The molecule has 0 saturated heterocycles. The van der Waals surface area contributed by atoms with E-state index in [2.05, 4.69) is 20.6 Å². The molecule has 0 bridgehead atoms. The summed E-state index contributed by atoms with van der Waals surface area (Å²) in [5, 5.41) is 16.1. The van der Waals surface area contributed by atoms with Gasteiger partial charge >= 0.3 is 0 Å². The fraction of sp³-hybridized carbons (Fsp3) is 0.522. The Hall–Kier alpha value is -2.81. The SMILES string of the molecule is C.OC1CCC(Nc2ncc3nc(Nc4ccc(F)cc4F)n(C4CCCC4)c3n2)CC1. The minimum Gasteiger partial charge on any atom is -0.393 e. The molecule has 0 aliphatic heterocycles. The third-order valence-electron chi connectivity index (χ3n) is 6.33. The van der Waals surface area contributed by atoms with E-state index >= 15 is 0 Å². The minimum atomic E-state index is -0.669. The smallest absolute Gasteiger partial charge is 0.224 e. The fourth-order valence-electron chi connectivity index (χ4n) is 4.67. The molecule has 2 heterocycles. The van der Waals surface area contributed by atoms with E-state index in [4.69, 9.17) is 4.98 Å². The summed E-state index contributed by atoms with van der Waals surface area (Å²) in [4.78, 5) is 13.8. The molecule has 172 valence electrons. The van der Waals surface area contributed by atoms with Crippen LogP contribution in [0.15, 0.2) is 24.4 Å². The lowest BCUT2D eigenvalue weighted by molar-refractivity contribution is 0.126. The zero-order valence-electron chi connectivity index (χ0n) is 17.2. The zero-order chi connectivity index (χ0) is 21.4. The van der Waals surface area contributed by atoms with Crippen molar-refractivity contribution in [2.75, 3.05) is 10.6 Å². The van der Waals surface area contributed by atoms with Crippen LogP contribution in [0.5, 0.6) is 0 Å². The predicted octanol–water partition coefficient (Wildman–Crippen LogP) is 5.31. The highest BCUT2D eigenvalue weighted by Crippen LogP contribution is 2.36. The van der Waals surface area contributed by atoms with Gasteiger partial charge in [0.2, 0.25) is 11.9 Å². The summed E-state index contributed by atoms with van der Waals surface area (Å²) in [6.07, 6.45) is 9.01. The van der Waals surface area contributed by atoms with Crippen LogP contribution in [0, 0.1) is 11.6 Å². The van der Waals surface area contributed by atoms with Crippen LogP contribution in [-0.4, -0.2) is 36.8 Å². The lowest BCUT2D eigenvalue weighted by atomic mass is 9.93. The summed E-state index contributed by atoms with van der Waals surface area (Å²) < 4.78 is 29.6. The summed E-state index contributed by atoms with van der Waals surface area (Å²) >= 11 is 0. The number of halogens is 2. The Kier molecular flexibility index (Phi) is 6.55. The van der Waals surface area contributed by atoms with Crippen molar-refractivity contribution in [3.05, 3.63) is 36.0 Å². The van der Waals surface area contributed by atoms with E-state index in [0.717, 1.165) is 57.4 Å². The van der Waals surface area contributed by atoms with Crippen LogP contribution in [0.1, 0.15) is 64.8 Å². The van der Waals surface area contributed by atoms with E-state index in [1.54, 1.807) is 6.20 Å². The number of aliphatic hydroxyl groups is 1. The molecule has 7 nitrogen and oxygen atoms in total. The van der Waals surface area contributed by atoms with Gasteiger partial charge in [-0.1, -0.05) is 20.3 Å². The molecule has 5 rings (SSSR count). The van der Waals surface area contributed by atoms with Gasteiger partial charge in [-0.3, -0.25) is 4.57 Å². The van der Waals surface area contributed by atoms with Gasteiger partial charge in [-0.05, 0) is 50.7 Å². The number of rotatable bonds is 5. The molecule has 2 aromatic heterocycles. The molecule has 1 aromatic carbocycles. The van der Waals surface area contributed by atoms with Gasteiger partial charge in [-0.2, -0.15) is 4.98 Å². The lowest BCUT2D eigenvalue weighted by Crippen LogP contribution is -2.29. The number of hydrogen-bond donors (Lipinski definition) is 3. The van der Waals surface area contributed by atoms with Gasteiger partial charge in [-0.25, -0.2) is 18.7 Å². The molecular formula is C23H30F2N6O. The highest BCUT2D eigenvalue weighted by atomic mass is 19.1. The second kappa shape index (κ2) is 9.36. The van der Waals surface area contributed by atoms with Gasteiger partial charge in [0.25, 0.3) is 0 Å². The first kappa shape index (κ1) is 22.4. The molecule has 2 aliphatic carbocycles. The number of anilines is 3. The largest absolute Gasteiger partial charge is 0.393 e. The number of aliphatic hydroxyl groups excluding tert-OH is 1. The van der Waals surface area contributed by atoms with Crippen molar-refractivity contribution in [2.45, 2.75) is 77.0 Å². The molecule has 0 amide bonds. The molecule has 9 heteroatoms. The van der Waals surface area contributed by atoms with Crippen LogP contribution in [0.25, 0.3) is 11.2 Å². The Morgan fingerprint density at radius 2 is 1.75 bits per heavy atom. The Labute approximate surface area is 186 Å². The highest BCUT2D eigenvalue weighted by molar-refractivity contribution is 5.76. The maximum Gasteiger partial charge on any atom is 0.224 e. The number of nitrogens with zero attached hydrogens (tertiary/aromatic N) is 4. The first-order valence-corrected chi connectivity index (χ1v) is 11.0. The van der Waals surface area contributed by atoms with Crippen molar-refractivity contribution < 1.29 is 13.9 Å². The third-order valence-corrected chi connectivity index (χ3v) is 6.33. The maximum absolute atomic E-state index is 14.3. The summed E-state index contributed by atoms with van der Waals surface area (Å²) in [6.45, 7) is 0. The summed E-state index contributed by atoms with van der Waals surface area (Å²) in [7, 11) is 0. The standard InChI is InChI=1S/C22H26F2N6O.CH4/c23-13-5-10-18(17(24)11-13)27-22-28-19-12-25-21(26-14-6-8-16(31)9-7-14)29-20(19)30(22)15-3-1-2-4-15;/h5,10-12,14-16,31H,1-4,6-9H2,(H,27,28)(H,25,26,29);1H4. The first-order chi connectivity index (χ1) is 15.1. The van der Waals surface area contributed by atoms with Crippen LogP contribution in [0.4, 0.5) is 26.4 Å². The van der Waals surface area contributed by atoms with Crippen molar-refractivity contribution in [3.63, 3.8) is 0 Å². The van der Waals surface area contributed by atoms with E-state index in [0.29, 0.717) is 23.1 Å². The Bertz CT molecular complexity index is 1070. The molecule has 2 fully saturated rings. The summed E-state index contributed by atoms with van der Waals surface area (Å²) in [5.41, 5.74) is 1.50. The predicted molar refractivity (Wildman–Crippen MR) is 121 cm³/mol. The van der Waals surface area contributed by atoms with Crippen LogP contribution in [-0.2, 0) is 0 Å². The minimum absolute atomic E-state index is 0. The molecule has 3 aromatic rings. The van der Waals surface area contributed by atoms with Gasteiger partial charge in [0.05, 0.1) is 18.0 Å². The number of nitrogens with one attached hydrogen (secondary N) is 2. The molecule has 3 N–H and O–H groups in total. The second-order valence-corrected chi connectivity index (χ2v) is 8.55. The Balaban J connectivity index is 0.00000245. The summed E-state index contributed by atoms with van der Waals surface area (Å²) in [6, 6.07) is 3.89. The normalized spacial score (nSPS) is 21.5. The number of hydrogen-bond acceptors (Lipinski definition) is 6. The topological polar surface area (TPSA) is 87.9 Å². The number of benzene rings is 1. The van der Waals surface area contributed by atoms with Crippen molar-refractivity contribution in [1.29, 1.82) is 0 Å². The number of fused-ring (bicyclic) bond motifs is 1. The number of imidazole rings is 1. The Morgan fingerprint density at radius 1 is 1.00 bits per heavy atom. The lowest BCUT2D eigenvalue weighted by Gasteiger charge is -2.26. The van der Waals surface area contributed by atoms with Crippen LogP contribution < -0.4 is 10.6 Å². The molecular weight excluding hydrogens is 414 g/mol. The van der Waals surface area contributed by atoms with E-state index in [1.807, 2.05) is 4.57 Å². The third kappa shape index (κ3) is 4.53. The van der Waals surface area contributed by atoms with E-state index in [-0.39, 0.29) is 31.3 Å². The monoisotopic (exact) mass is 444 g/mol. The van der Waals surface area contributed by atoms with Crippen LogP contribution in [0.2, 0.25) is 0 Å². The zero-order valence-corrected chi connectivity index (χ0v) is 17.2. The number of aromatic nitrogens is 4. The maximum atomic E-state index is 14.3. The Morgan fingerprint density at radius 3 is 2.47 bits per heavy atom. The first-order valence-electron chi connectivity index (χ1n) is 11.0. The van der Waals surface area contributed by atoms with Crippen molar-refractivity contribution in [2.24, 2.45) is 0 Å². The van der Waals surface area contributed by atoms with Gasteiger partial charge in [0, 0.05) is 18.2 Å². The molecule has 0 unspecified atom stereocenters. The molecule has 0 atom stereocenters. The van der Waals surface area contributed by atoms with Crippen molar-refractivity contribution in [1.82, 2.24) is 19.5 Å².